The van der Waals surface area contributed by atoms with Crippen molar-refractivity contribution in [3.05, 3.63) is 0 Å². The first-order valence-electron chi connectivity index (χ1n) is 4.43. The molecule has 0 aromatic rings. The second-order valence-corrected chi connectivity index (χ2v) is 4.33. The topological polar surface area (TPSA) is 21.3 Å². The highest BCUT2D eigenvalue weighted by Crippen LogP contribution is 2.30. The van der Waals surface area contributed by atoms with Gasteiger partial charge in [0.1, 0.15) is 0 Å². The van der Waals surface area contributed by atoms with Crippen molar-refractivity contribution in [1.29, 1.82) is 0 Å². The molecule has 2 aliphatic heterocycles. The maximum atomic E-state index is 5.04. The van der Waals surface area contributed by atoms with Crippen LogP contribution in [0.25, 0.3) is 0 Å². The van der Waals surface area contributed by atoms with Gasteiger partial charge in [0.2, 0.25) is 0 Å². The molecule has 2 fully saturated rings. The summed E-state index contributed by atoms with van der Waals surface area (Å²) in [6, 6.07) is 0. The Morgan fingerprint density at radius 2 is 1.64 bits per heavy atom. The van der Waals surface area contributed by atoms with Crippen LogP contribution in [0.15, 0.2) is 0 Å². The van der Waals surface area contributed by atoms with Crippen molar-refractivity contribution < 1.29 is 4.74 Å². The molecule has 2 aliphatic rings. The summed E-state index contributed by atoms with van der Waals surface area (Å²) in [5, 5.41) is 3.22. The third-order valence-corrected chi connectivity index (χ3v) is 1.82. The first kappa shape index (κ1) is 9.01. The summed E-state index contributed by atoms with van der Waals surface area (Å²) < 4.78 is 5.04. The standard InChI is InChI=1S/C5H9NO.C4H10/c1-5(2-6-1)3-7-4-5;1-4(2)3/h6H,1-4H2;4H,1-3H3. The van der Waals surface area contributed by atoms with Crippen LogP contribution in [-0.2, 0) is 4.74 Å². The fraction of sp³-hybridized carbons (Fsp3) is 1.00. The average Bonchev–Trinajstić information content (AvgIpc) is 1.51. The van der Waals surface area contributed by atoms with Crippen LogP contribution in [0.1, 0.15) is 20.8 Å². The number of ether oxygens (including phenoxy) is 1. The Morgan fingerprint density at radius 1 is 1.18 bits per heavy atom. The summed E-state index contributed by atoms with van der Waals surface area (Å²) in [5.74, 6) is 0.833. The van der Waals surface area contributed by atoms with Crippen molar-refractivity contribution in [2.24, 2.45) is 11.3 Å². The molecule has 0 saturated carbocycles. The van der Waals surface area contributed by atoms with Crippen LogP contribution in [0.5, 0.6) is 0 Å². The zero-order valence-electron chi connectivity index (χ0n) is 7.81. The van der Waals surface area contributed by atoms with E-state index < -0.39 is 0 Å². The molecule has 0 unspecified atom stereocenters. The monoisotopic (exact) mass is 157 g/mol. The van der Waals surface area contributed by atoms with Gasteiger partial charge in [-0.3, -0.25) is 0 Å². The van der Waals surface area contributed by atoms with Gasteiger partial charge in [-0.05, 0) is 5.92 Å². The van der Waals surface area contributed by atoms with Gasteiger partial charge in [-0.25, -0.2) is 0 Å². The molecule has 0 aliphatic carbocycles. The van der Waals surface area contributed by atoms with E-state index in [4.69, 9.17) is 4.74 Å². The van der Waals surface area contributed by atoms with Gasteiger partial charge in [-0.2, -0.15) is 0 Å². The van der Waals surface area contributed by atoms with E-state index in [0.29, 0.717) is 5.41 Å². The van der Waals surface area contributed by atoms with Crippen LogP contribution in [0.3, 0.4) is 0 Å². The van der Waals surface area contributed by atoms with Crippen molar-refractivity contribution in [1.82, 2.24) is 5.32 Å². The summed E-state index contributed by atoms with van der Waals surface area (Å²) in [7, 11) is 0. The molecule has 0 radical (unpaired) electrons. The lowest BCUT2D eigenvalue weighted by Crippen LogP contribution is -2.64. The van der Waals surface area contributed by atoms with Crippen LogP contribution in [0.2, 0.25) is 0 Å². The molecule has 2 saturated heterocycles. The molecular formula is C9H19NO. The maximum Gasteiger partial charge on any atom is 0.0569 e. The van der Waals surface area contributed by atoms with E-state index in [9.17, 15) is 0 Å². The van der Waals surface area contributed by atoms with Gasteiger partial charge in [-0.15, -0.1) is 0 Å². The molecule has 1 N–H and O–H groups in total. The summed E-state index contributed by atoms with van der Waals surface area (Å²) in [5.41, 5.74) is 0.611. The molecule has 66 valence electrons. The minimum absolute atomic E-state index is 0.611. The highest BCUT2D eigenvalue weighted by molar-refractivity contribution is 4.96. The average molecular weight is 157 g/mol. The van der Waals surface area contributed by atoms with Crippen LogP contribution in [0.4, 0.5) is 0 Å². The van der Waals surface area contributed by atoms with Crippen molar-refractivity contribution in [3.63, 3.8) is 0 Å². The Kier molecular flexibility index (Phi) is 2.90. The lowest BCUT2D eigenvalue weighted by molar-refractivity contribution is -0.139. The number of rotatable bonds is 0. The number of nitrogens with one attached hydrogen (secondary N) is 1. The van der Waals surface area contributed by atoms with E-state index in [1.165, 1.54) is 13.1 Å². The van der Waals surface area contributed by atoms with E-state index in [0.717, 1.165) is 19.1 Å². The molecule has 0 amide bonds. The number of hydrogen-bond donors (Lipinski definition) is 1. The zero-order chi connectivity index (χ0) is 8.32. The Balaban J connectivity index is 0.000000134. The highest BCUT2D eigenvalue weighted by atomic mass is 16.5. The first-order valence-corrected chi connectivity index (χ1v) is 4.43. The molecule has 2 nitrogen and oxygen atoms in total. The summed E-state index contributed by atoms with van der Waals surface area (Å²) >= 11 is 0. The van der Waals surface area contributed by atoms with E-state index in [-0.39, 0.29) is 0 Å². The molecule has 2 rings (SSSR count). The Labute approximate surface area is 69.3 Å². The third-order valence-electron chi connectivity index (χ3n) is 1.82. The van der Waals surface area contributed by atoms with Gasteiger partial charge in [0.05, 0.1) is 13.2 Å². The lowest BCUT2D eigenvalue weighted by Gasteiger charge is -2.48. The van der Waals surface area contributed by atoms with Crippen LogP contribution < -0.4 is 5.32 Å². The van der Waals surface area contributed by atoms with E-state index >= 15 is 0 Å². The molecule has 1 spiro atoms. The third kappa shape index (κ3) is 2.46. The van der Waals surface area contributed by atoms with E-state index in [1.807, 2.05) is 0 Å². The first-order chi connectivity index (χ1) is 5.15. The Hall–Kier alpha value is -0.0800. The number of hydrogen-bond acceptors (Lipinski definition) is 2. The molecule has 0 aromatic carbocycles. The zero-order valence-corrected chi connectivity index (χ0v) is 7.81. The minimum Gasteiger partial charge on any atom is -0.380 e. The summed E-state index contributed by atoms with van der Waals surface area (Å²) in [6.45, 7) is 10.9. The van der Waals surface area contributed by atoms with Crippen LogP contribution in [-0.4, -0.2) is 26.3 Å². The van der Waals surface area contributed by atoms with Crippen LogP contribution >= 0.6 is 0 Å². The van der Waals surface area contributed by atoms with Gasteiger partial charge in [0, 0.05) is 18.5 Å². The minimum atomic E-state index is 0.611. The second kappa shape index (κ2) is 3.55. The van der Waals surface area contributed by atoms with Crippen molar-refractivity contribution in [2.45, 2.75) is 20.8 Å². The molecule has 11 heavy (non-hydrogen) atoms. The van der Waals surface area contributed by atoms with Crippen molar-refractivity contribution in [2.75, 3.05) is 26.3 Å². The Morgan fingerprint density at radius 3 is 1.64 bits per heavy atom. The van der Waals surface area contributed by atoms with Gasteiger partial charge < -0.3 is 10.1 Å². The van der Waals surface area contributed by atoms with Gasteiger partial charge >= 0.3 is 0 Å². The van der Waals surface area contributed by atoms with E-state index in [2.05, 4.69) is 26.1 Å². The fourth-order valence-electron chi connectivity index (χ4n) is 1.07. The smallest absolute Gasteiger partial charge is 0.0569 e. The molecule has 0 aromatic heterocycles. The molecule has 2 heteroatoms. The van der Waals surface area contributed by atoms with E-state index in [1.54, 1.807) is 0 Å². The predicted molar refractivity (Wildman–Crippen MR) is 46.6 cm³/mol. The van der Waals surface area contributed by atoms with Gasteiger partial charge in [-0.1, -0.05) is 20.8 Å². The lowest BCUT2D eigenvalue weighted by atomic mass is 9.80. The van der Waals surface area contributed by atoms with Gasteiger partial charge in [0.15, 0.2) is 0 Å². The predicted octanol–water partition coefficient (Wildman–Crippen LogP) is 1.27. The molecule has 0 bridgehead atoms. The second-order valence-electron chi connectivity index (χ2n) is 4.33. The maximum absolute atomic E-state index is 5.04. The van der Waals surface area contributed by atoms with Crippen molar-refractivity contribution in [3.8, 4) is 0 Å². The summed E-state index contributed by atoms with van der Waals surface area (Å²) in [6.07, 6.45) is 0. The summed E-state index contributed by atoms with van der Waals surface area (Å²) in [4.78, 5) is 0. The van der Waals surface area contributed by atoms with Crippen LogP contribution in [0, 0.1) is 11.3 Å². The molecular weight excluding hydrogens is 138 g/mol. The SMILES string of the molecule is C1NCC12COC2.CC(C)C. The normalized spacial score (nSPS) is 25.1. The molecule has 0 atom stereocenters. The Bertz CT molecular complexity index is 96.5. The largest absolute Gasteiger partial charge is 0.380 e. The molecule has 2 heterocycles. The highest BCUT2D eigenvalue weighted by Gasteiger charge is 2.43. The van der Waals surface area contributed by atoms with Gasteiger partial charge in [0.25, 0.3) is 0 Å². The fourth-order valence-corrected chi connectivity index (χ4v) is 1.07. The van der Waals surface area contributed by atoms with Crippen molar-refractivity contribution >= 4 is 0 Å². The quantitative estimate of drug-likeness (QED) is 0.571.